The van der Waals surface area contributed by atoms with Gasteiger partial charge >= 0.3 is 0 Å². The molecule has 2 nitrogen and oxygen atoms in total. The van der Waals surface area contributed by atoms with Crippen molar-refractivity contribution in [1.29, 1.82) is 0 Å². The lowest BCUT2D eigenvalue weighted by atomic mass is 9.63. The molecule has 0 amide bonds. The van der Waals surface area contributed by atoms with Crippen LogP contribution in [0.25, 0.3) is 42.4 Å². The molecule has 0 N–H and O–H groups in total. The summed E-state index contributed by atoms with van der Waals surface area (Å²) >= 11 is 1.97. The van der Waals surface area contributed by atoms with Crippen LogP contribution in [0.4, 0.5) is 34.1 Å². The third-order valence-corrected chi connectivity index (χ3v) is 21.1. The van der Waals surface area contributed by atoms with E-state index < -0.39 is 0 Å². The summed E-state index contributed by atoms with van der Waals surface area (Å²) in [6, 6.07) is 62.2. The molecule has 1 heterocycles. The summed E-state index contributed by atoms with van der Waals surface area (Å²) in [6.45, 7) is 38.8. The SMILES string of the molecule is Cc1ccccc1-c1cc(N(c2ccc3c(c2)C(C)(C)CCC3(C)C)c2ccc3c(c2)C(C)(C)CCC3(C)C)cc(N(c2ccc(C(C)(C)C)cc2-c2ccccc2)c2cccc3c2sc2cc4c(cc23)C(C)(C)CCC4(C)C)c1. The average molecular weight is 1070 g/mol. The van der Waals surface area contributed by atoms with Crippen molar-refractivity contribution in [2.45, 2.75) is 187 Å². The molecule has 12 rings (SSSR count). The molecule has 0 bridgehead atoms. The minimum atomic E-state index is -0.0607. The van der Waals surface area contributed by atoms with Gasteiger partial charge in [-0.25, -0.2) is 0 Å². The second-order valence-corrected chi connectivity index (χ2v) is 30.5. The lowest BCUT2D eigenvalue weighted by Crippen LogP contribution is -2.34. The van der Waals surface area contributed by atoms with Gasteiger partial charge in [-0.1, -0.05) is 189 Å². The molecule has 0 saturated carbocycles. The fraction of sp³-hybridized carbons (Fsp3) is 0.377. The first-order valence-electron chi connectivity index (χ1n) is 30.0. The molecule has 0 unspecified atom stereocenters. The first-order valence-corrected chi connectivity index (χ1v) is 30.8. The van der Waals surface area contributed by atoms with Gasteiger partial charge in [0.2, 0.25) is 0 Å². The van der Waals surface area contributed by atoms with Crippen molar-refractivity contribution >= 4 is 65.6 Å². The Morgan fingerprint density at radius 2 is 0.863 bits per heavy atom. The van der Waals surface area contributed by atoms with Crippen LogP contribution in [0.3, 0.4) is 0 Å². The van der Waals surface area contributed by atoms with E-state index in [0.717, 1.165) is 29.9 Å². The summed E-state index contributed by atoms with van der Waals surface area (Å²) in [5.74, 6) is 0. The van der Waals surface area contributed by atoms with Gasteiger partial charge in [-0.3, -0.25) is 0 Å². The van der Waals surface area contributed by atoms with Gasteiger partial charge < -0.3 is 9.80 Å². The molecule has 0 saturated heterocycles. The first-order chi connectivity index (χ1) is 37.6. The number of rotatable bonds is 8. The highest BCUT2D eigenvalue weighted by Crippen LogP contribution is 2.55. The summed E-state index contributed by atoms with van der Waals surface area (Å²) < 4.78 is 2.67. The number of hydrogen-bond donors (Lipinski definition) is 0. The zero-order valence-corrected chi connectivity index (χ0v) is 51.9. The summed E-state index contributed by atoms with van der Waals surface area (Å²) in [4.78, 5) is 5.26. The van der Waals surface area contributed by atoms with E-state index in [1.807, 2.05) is 11.3 Å². The summed E-state index contributed by atoms with van der Waals surface area (Å²) in [5.41, 5.74) is 23.7. The van der Waals surface area contributed by atoms with E-state index in [9.17, 15) is 0 Å². The molecule has 8 aromatic carbocycles. The summed E-state index contributed by atoms with van der Waals surface area (Å²) in [5, 5.41) is 2.68. The monoisotopic (exact) mass is 1070 g/mol. The van der Waals surface area contributed by atoms with Gasteiger partial charge in [-0.15, -0.1) is 11.3 Å². The maximum Gasteiger partial charge on any atom is 0.0640 e. The van der Waals surface area contributed by atoms with Gasteiger partial charge in [-0.2, -0.15) is 0 Å². The van der Waals surface area contributed by atoms with Crippen LogP contribution in [0.15, 0.2) is 158 Å². The van der Waals surface area contributed by atoms with E-state index in [2.05, 4.69) is 278 Å². The Morgan fingerprint density at radius 1 is 0.362 bits per heavy atom. The Kier molecular flexibility index (Phi) is 12.7. The molecular weight excluding hydrogens is 985 g/mol. The molecule has 3 heteroatoms. The molecule has 0 spiro atoms. The van der Waals surface area contributed by atoms with Crippen LogP contribution in [-0.2, 0) is 37.9 Å². The summed E-state index contributed by atoms with van der Waals surface area (Å²) in [7, 11) is 0. The largest absolute Gasteiger partial charge is 0.310 e. The van der Waals surface area contributed by atoms with E-state index >= 15 is 0 Å². The van der Waals surface area contributed by atoms with Gasteiger partial charge in [0.05, 0.1) is 16.1 Å². The maximum absolute atomic E-state index is 2.64. The number of fused-ring (bicyclic) bond motifs is 6. The standard InChI is InChI=1S/C77H86N2S/c1-49-23-20-21-26-57(49)51-41-55(78(53-30-32-61-63(45-53)74(9,10)37-35-72(61,5)6)54-31-33-62-64(46-54)75(11,12)38-36-73(62,7)8)44-56(42-51)79(67-34-29-52(71(2,3)4)43-59(67)50-24-18-17-19-25-50)68-28-22-27-58-60-47-65-66(48-69(60)80-70(58)68)77(15,16)40-39-76(65,13)14/h17-34,41-48H,35-40H2,1-16H3. The summed E-state index contributed by atoms with van der Waals surface area (Å²) in [6.07, 6.45) is 7.03. The quantitative estimate of drug-likeness (QED) is 0.150. The highest BCUT2D eigenvalue weighted by atomic mass is 32.1. The van der Waals surface area contributed by atoms with Crippen molar-refractivity contribution in [3.8, 4) is 22.3 Å². The zero-order chi connectivity index (χ0) is 56.7. The Morgan fingerprint density at radius 3 is 1.41 bits per heavy atom. The third-order valence-electron chi connectivity index (χ3n) is 19.9. The molecule has 1 aromatic heterocycles. The van der Waals surface area contributed by atoms with Crippen LogP contribution in [0.2, 0.25) is 0 Å². The van der Waals surface area contributed by atoms with Crippen molar-refractivity contribution in [2.24, 2.45) is 0 Å². The van der Waals surface area contributed by atoms with Gasteiger partial charge in [0, 0.05) is 43.8 Å². The third kappa shape index (κ3) is 9.23. The number of aryl methyl sites for hydroxylation is 1. The van der Waals surface area contributed by atoms with Crippen molar-refractivity contribution in [1.82, 2.24) is 0 Å². The van der Waals surface area contributed by atoms with Crippen molar-refractivity contribution in [3.63, 3.8) is 0 Å². The van der Waals surface area contributed by atoms with E-state index in [4.69, 9.17) is 0 Å². The van der Waals surface area contributed by atoms with Gasteiger partial charge in [0.1, 0.15) is 0 Å². The minimum Gasteiger partial charge on any atom is -0.310 e. The Balaban J connectivity index is 1.20. The van der Waals surface area contributed by atoms with Crippen LogP contribution in [0.1, 0.15) is 187 Å². The van der Waals surface area contributed by atoms with Gasteiger partial charge in [0.25, 0.3) is 0 Å². The van der Waals surface area contributed by atoms with E-state index in [1.54, 1.807) is 0 Å². The Labute approximate surface area is 484 Å². The van der Waals surface area contributed by atoms with Gasteiger partial charge in [-0.05, 0) is 217 Å². The van der Waals surface area contributed by atoms with E-state index in [-0.39, 0.29) is 37.9 Å². The number of thiophene rings is 1. The van der Waals surface area contributed by atoms with Crippen molar-refractivity contribution in [2.75, 3.05) is 9.80 Å². The molecule has 9 aromatic rings. The Hall–Kier alpha value is -6.42. The molecule has 410 valence electrons. The number of benzene rings is 8. The van der Waals surface area contributed by atoms with Crippen molar-refractivity contribution < 1.29 is 0 Å². The second kappa shape index (κ2) is 18.8. The zero-order valence-electron chi connectivity index (χ0n) is 51.1. The van der Waals surface area contributed by atoms with Gasteiger partial charge in [0.15, 0.2) is 0 Å². The highest BCUT2D eigenvalue weighted by molar-refractivity contribution is 7.26. The predicted octanol–water partition coefficient (Wildman–Crippen LogP) is 23.0. The fourth-order valence-electron chi connectivity index (χ4n) is 14.3. The lowest BCUT2D eigenvalue weighted by molar-refractivity contribution is 0.332. The molecule has 0 atom stereocenters. The molecule has 0 radical (unpaired) electrons. The Bertz CT molecular complexity index is 3820. The fourth-order valence-corrected chi connectivity index (χ4v) is 15.5. The van der Waals surface area contributed by atoms with Crippen LogP contribution >= 0.6 is 11.3 Å². The number of hydrogen-bond acceptors (Lipinski definition) is 3. The van der Waals surface area contributed by atoms with Crippen LogP contribution in [0.5, 0.6) is 0 Å². The maximum atomic E-state index is 2.64. The second-order valence-electron chi connectivity index (χ2n) is 29.5. The minimum absolute atomic E-state index is 0.0279. The van der Waals surface area contributed by atoms with E-state index in [1.165, 1.54) is 130 Å². The lowest BCUT2D eigenvalue weighted by Gasteiger charge is -2.43. The molecule has 0 aliphatic heterocycles. The van der Waals surface area contributed by atoms with Crippen LogP contribution in [-0.4, -0.2) is 0 Å². The molecule has 80 heavy (non-hydrogen) atoms. The highest BCUT2D eigenvalue weighted by Gasteiger charge is 2.41. The molecule has 3 aliphatic rings. The van der Waals surface area contributed by atoms with E-state index in [0.29, 0.717) is 0 Å². The predicted molar refractivity (Wildman–Crippen MR) is 349 cm³/mol. The molecule has 0 fully saturated rings. The number of anilines is 6. The smallest absolute Gasteiger partial charge is 0.0640 e. The topological polar surface area (TPSA) is 6.48 Å². The normalized spacial score (nSPS) is 18.3. The van der Waals surface area contributed by atoms with Crippen LogP contribution in [0, 0.1) is 6.92 Å². The van der Waals surface area contributed by atoms with Crippen molar-refractivity contribution in [3.05, 3.63) is 202 Å². The first kappa shape index (κ1) is 54.2. The number of nitrogens with zero attached hydrogens (tertiary/aromatic N) is 2. The molecular formula is C77H86N2S. The van der Waals surface area contributed by atoms with Crippen LogP contribution < -0.4 is 9.80 Å². The average Bonchev–Trinajstić information content (AvgIpc) is 3.96. The molecule has 3 aliphatic carbocycles.